The minimum Gasteiger partial charge on any atom is -0.497 e. The summed E-state index contributed by atoms with van der Waals surface area (Å²) in [5.41, 5.74) is -1.80. The first-order valence-electron chi connectivity index (χ1n) is 7.38. The van der Waals surface area contributed by atoms with E-state index >= 15 is 0 Å². The van der Waals surface area contributed by atoms with E-state index < -0.39 is 23.2 Å². The van der Waals surface area contributed by atoms with Crippen molar-refractivity contribution < 1.29 is 33.0 Å². The molecule has 8 nitrogen and oxygen atoms in total. The smallest absolute Gasteiger partial charge is 0.375 e. The van der Waals surface area contributed by atoms with Crippen molar-refractivity contribution in [2.24, 2.45) is 0 Å². The molecule has 132 valence electrons. The Balaban J connectivity index is 2.40. The Labute approximate surface area is 142 Å². The van der Waals surface area contributed by atoms with E-state index in [-0.39, 0.29) is 28.9 Å². The molecule has 0 amide bonds. The molecule has 1 aromatic carbocycles. The molecule has 1 atom stereocenters. The lowest BCUT2D eigenvalue weighted by atomic mass is 9.89. The van der Waals surface area contributed by atoms with Gasteiger partial charge in [-0.05, 0) is 13.0 Å². The maximum absolute atomic E-state index is 12.4. The predicted molar refractivity (Wildman–Crippen MR) is 85.0 cm³/mol. The minimum absolute atomic E-state index is 0.136. The summed E-state index contributed by atoms with van der Waals surface area (Å²) in [4.78, 5) is 36.3. The first-order valence-corrected chi connectivity index (χ1v) is 7.38. The van der Waals surface area contributed by atoms with Gasteiger partial charge in [0, 0.05) is 11.5 Å². The first kappa shape index (κ1) is 16.8. The quantitative estimate of drug-likeness (QED) is 0.770. The fourth-order valence-corrected chi connectivity index (χ4v) is 3.04. The van der Waals surface area contributed by atoms with E-state index in [1.165, 1.54) is 27.4 Å². The summed E-state index contributed by atoms with van der Waals surface area (Å²) in [5.74, 6) is -0.985. The summed E-state index contributed by atoms with van der Waals surface area (Å²) in [7, 11) is 4.09. The molecule has 0 spiro atoms. The van der Waals surface area contributed by atoms with Crippen LogP contribution in [0.3, 0.4) is 0 Å². The molecule has 1 unspecified atom stereocenters. The topological polar surface area (TPSA) is 101 Å². The van der Waals surface area contributed by atoms with E-state index in [4.69, 9.17) is 18.6 Å². The van der Waals surface area contributed by atoms with E-state index in [1.807, 2.05) is 0 Å². The molecular formula is C17H16O8. The third-order valence-electron chi connectivity index (χ3n) is 4.17. The third kappa shape index (κ3) is 2.50. The third-order valence-corrected chi connectivity index (χ3v) is 4.17. The zero-order chi connectivity index (χ0) is 18.4. The standard InChI is InChI=1S/C17H16O8/c1-17(7-11(18)23-4)13-9-5-8(21-2)6-10(22-3)12(9)15(19)24-14(13)16(20)25-17/h5-6H,7H2,1-4H3. The van der Waals surface area contributed by atoms with Gasteiger partial charge < -0.3 is 23.4 Å². The Morgan fingerprint density at radius 3 is 2.48 bits per heavy atom. The molecule has 8 heteroatoms. The number of cyclic esters (lactones) is 1. The lowest BCUT2D eigenvalue weighted by molar-refractivity contribution is -0.145. The fraction of sp³-hybridized carbons (Fsp3) is 0.353. The number of methoxy groups -OCH3 is 3. The van der Waals surface area contributed by atoms with Crippen LogP contribution in [-0.2, 0) is 19.9 Å². The zero-order valence-electron chi connectivity index (χ0n) is 14.1. The summed E-state index contributed by atoms with van der Waals surface area (Å²) in [6.07, 6.45) is -0.232. The SMILES string of the molecule is COC(=O)CC1(C)OC(=O)c2oc(=O)c3c(OC)cc(OC)cc3c21. The Bertz CT molecular complexity index is 942. The van der Waals surface area contributed by atoms with Crippen LogP contribution in [0.2, 0.25) is 0 Å². The summed E-state index contributed by atoms with van der Waals surface area (Å²) in [6, 6.07) is 3.10. The Morgan fingerprint density at radius 2 is 1.88 bits per heavy atom. The van der Waals surface area contributed by atoms with Gasteiger partial charge in [0.05, 0.1) is 33.3 Å². The number of carbonyl (C=O) groups is 2. The molecule has 0 N–H and O–H groups in total. The van der Waals surface area contributed by atoms with Crippen molar-refractivity contribution in [2.45, 2.75) is 18.9 Å². The van der Waals surface area contributed by atoms with E-state index in [2.05, 4.69) is 4.74 Å². The molecule has 0 aliphatic carbocycles. The second kappa shape index (κ2) is 5.80. The number of fused-ring (bicyclic) bond motifs is 3. The van der Waals surface area contributed by atoms with Crippen LogP contribution in [0.25, 0.3) is 10.8 Å². The van der Waals surface area contributed by atoms with Crippen LogP contribution in [0.15, 0.2) is 21.3 Å². The maximum Gasteiger partial charge on any atom is 0.375 e. The van der Waals surface area contributed by atoms with Gasteiger partial charge in [0.15, 0.2) is 0 Å². The van der Waals surface area contributed by atoms with Crippen molar-refractivity contribution in [2.75, 3.05) is 21.3 Å². The first-order chi connectivity index (χ1) is 11.8. The lowest BCUT2D eigenvalue weighted by Crippen LogP contribution is -2.27. The summed E-state index contributed by atoms with van der Waals surface area (Å²) >= 11 is 0. The van der Waals surface area contributed by atoms with Crippen LogP contribution in [-0.4, -0.2) is 33.3 Å². The van der Waals surface area contributed by atoms with E-state index in [9.17, 15) is 14.4 Å². The van der Waals surface area contributed by atoms with Crippen molar-refractivity contribution in [3.05, 3.63) is 33.9 Å². The Kier molecular flexibility index (Phi) is 3.90. The minimum atomic E-state index is -1.34. The second-order valence-corrected chi connectivity index (χ2v) is 5.72. The molecule has 25 heavy (non-hydrogen) atoms. The Morgan fingerprint density at radius 1 is 1.16 bits per heavy atom. The van der Waals surface area contributed by atoms with Crippen molar-refractivity contribution in [1.82, 2.24) is 0 Å². The molecule has 0 saturated heterocycles. The lowest BCUT2D eigenvalue weighted by Gasteiger charge is -2.23. The molecule has 0 fully saturated rings. The molecule has 0 bridgehead atoms. The number of hydrogen-bond donors (Lipinski definition) is 0. The van der Waals surface area contributed by atoms with Crippen LogP contribution < -0.4 is 15.1 Å². The van der Waals surface area contributed by atoms with Gasteiger partial charge in [-0.15, -0.1) is 0 Å². The van der Waals surface area contributed by atoms with Crippen LogP contribution in [0.4, 0.5) is 0 Å². The summed E-state index contributed by atoms with van der Waals surface area (Å²) in [5, 5.41) is 0.496. The maximum atomic E-state index is 12.4. The molecule has 3 rings (SSSR count). The van der Waals surface area contributed by atoms with Crippen LogP contribution in [0, 0.1) is 0 Å². The number of carbonyl (C=O) groups excluding carboxylic acids is 2. The van der Waals surface area contributed by atoms with Gasteiger partial charge in [0.25, 0.3) is 0 Å². The molecule has 1 aliphatic heterocycles. The van der Waals surface area contributed by atoms with Gasteiger partial charge in [0.2, 0.25) is 5.76 Å². The molecule has 0 saturated carbocycles. The number of rotatable bonds is 4. The van der Waals surface area contributed by atoms with Gasteiger partial charge >= 0.3 is 17.6 Å². The monoisotopic (exact) mass is 348 g/mol. The van der Waals surface area contributed by atoms with Crippen molar-refractivity contribution >= 4 is 22.7 Å². The molecule has 1 aliphatic rings. The highest BCUT2D eigenvalue weighted by Crippen LogP contribution is 2.44. The molecule has 2 heterocycles. The van der Waals surface area contributed by atoms with Gasteiger partial charge in [-0.3, -0.25) is 4.79 Å². The van der Waals surface area contributed by atoms with Crippen LogP contribution in [0.1, 0.15) is 29.5 Å². The van der Waals surface area contributed by atoms with Crippen molar-refractivity contribution in [3.63, 3.8) is 0 Å². The normalized spacial score (nSPS) is 18.6. The van der Waals surface area contributed by atoms with E-state index in [0.717, 1.165) is 0 Å². The summed E-state index contributed by atoms with van der Waals surface area (Å²) < 4.78 is 25.7. The highest BCUT2D eigenvalue weighted by atomic mass is 16.6. The average Bonchev–Trinajstić information content (AvgIpc) is 2.83. The van der Waals surface area contributed by atoms with Gasteiger partial charge in [-0.1, -0.05) is 0 Å². The van der Waals surface area contributed by atoms with E-state index in [1.54, 1.807) is 13.0 Å². The largest absolute Gasteiger partial charge is 0.497 e. The molecule has 1 aromatic heterocycles. The van der Waals surface area contributed by atoms with Crippen molar-refractivity contribution in [3.8, 4) is 11.5 Å². The van der Waals surface area contributed by atoms with Crippen molar-refractivity contribution in [1.29, 1.82) is 0 Å². The van der Waals surface area contributed by atoms with Gasteiger partial charge in [0.1, 0.15) is 22.5 Å². The van der Waals surface area contributed by atoms with Gasteiger partial charge in [-0.2, -0.15) is 0 Å². The molecule has 0 radical (unpaired) electrons. The average molecular weight is 348 g/mol. The van der Waals surface area contributed by atoms with E-state index in [0.29, 0.717) is 11.1 Å². The van der Waals surface area contributed by atoms with Gasteiger partial charge in [-0.25, -0.2) is 9.59 Å². The zero-order valence-corrected chi connectivity index (χ0v) is 14.1. The number of benzene rings is 1. The molecule has 2 aromatic rings. The fourth-order valence-electron chi connectivity index (χ4n) is 3.04. The predicted octanol–water partition coefficient (Wildman–Crippen LogP) is 1.76. The number of hydrogen-bond acceptors (Lipinski definition) is 8. The number of esters is 2. The Hall–Kier alpha value is -3.03. The molecular weight excluding hydrogens is 332 g/mol. The second-order valence-electron chi connectivity index (χ2n) is 5.72. The van der Waals surface area contributed by atoms with Crippen LogP contribution in [0.5, 0.6) is 11.5 Å². The number of ether oxygens (including phenoxy) is 4. The highest BCUT2D eigenvalue weighted by molar-refractivity contribution is 6.02. The van der Waals surface area contributed by atoms with Crippen LogP contribution >= 0.6 is 0 Å². The highest BCUT2D eigenvalue weighted by Gasteiger charge is 2.48. The summed E-state index contributed by atoms with van der Waals surface area (Å²) in [6.45, 7) is 1.55.